The van der Waals surface area contributed by atoms with Gasteiger partial charge in [0, 0.05) is 18.5 Å². The monoisotopic (exact) mass is 369 g/mol. The number of benzene rings is 3. The smallest absolute Gasteiger partial charge is 0.224 e. The first-order valence-electron chi connectivity index (χ1n) is 9.62. The van der Waals surface area contributed by atoms with Gasteiger partial charge in [0.2, 0.25) is 5.91 Å². The van der Waals surface area contributed by atoms with Crippen molar-refractivity contribution in [2.24, 2.45) is 0 Å². The van der Waals surface area contributed by atoms with E-state index in [4.69, 9.17) is 0 Å². The third kappa shape index (κ3) is 4.65. The van der Waals surface area contributed by atoms with Gasteiger partial charge < -0.3 is 10.3 Å². The summed E-state index contributed by atoms with van der Waals surface area (Å²) in [5.41, 5.74) is 5.27. The Morgan fingerprint density at radius 1 is 0.821 bits per heavy atom. The van der Waals surface area contributed by atoms with Crippen LogP contribution in [0.15, 0.2) is 78.9 Å². The van der Waals surface area contributed by atoms with E-state index in [9.17, 15) is 4.79 Å². The van der Waals surface area contributed by atoms with Crippen molar-refractivity contribution < 1.29 is 4.79 Å². The van der Waals surface area contributed by atoms with Crippen LogP contribution in [0.5, 0.6) is 0 Å². The number of rotatable bonds is 7. The van der Waals surface area contributed by atoms with Crippen LogP contribution < -0.4 is 5.32 Å². The molecule has 0 atom stereocenters. The van der Waals surface area contributed by atoms with E-state index in [0.717, 1.165) is 41.8 Å². The van der Waals surface area contributed by atoms with Crippen LogP contribution in [0.3, 0.4) is 0 Å². The van der Waals surface area contributed by atoms with Crippen molar-refractivity contribution in [1.82, 2.24) is 9.97 Å². The van der Waals surface area contributed by atoms with E-state index in [-0.39, 0.29) is 5.91 Å². The summed E-state index contributed by atoms with van der Waals surface area (Å²) >= 11 is 0. The molecule has 140 valence electrons. The molecule has 0 saturated heterocycles. The van der Waals surface area contributed by atoms with Crippen LogP contribution >= 0.6 is 0 Å². The Morgan fingerprint density at radius 2 is 1.61 bits per heavy atom. The summed E-state index contributed by atoms with van der Waals surface area (Å²) in [5.74, 6) is 1.02. The van der Waals surface area contributed by atoms with Crippen LogP contribution in [-0.2, 0) is 24.1 Å². The molecule has 28 heavy (non-hydrogen) atoms. The highest BCUT2D eigenvalue weighted by molar-refractivity contribution is 5.90. The van der Waals surface area contributed by atoms with E-state index in [1.54, 1.807) is 0 Å². The van der Waals surface area contributed by atoms with Gasteiger partial charge in [0.05, 0.1) is 11.0 Å². The molecule has 0 aliphatic carbocycles. The molecule has 0 aliphatic rings. The number of carbonyl (C=O) groups excluding carboxylic acids is 1. The van der Waals surface area contributed by atoms with E-state index in [2.05, 4.69) is 21.4 Å². The summed E-state index contributed by atoms with van der Waals surface area (Å²) in [6.07, 6.45) is 2.93. The lowest BCUT2D eigenvalue weighted by molar-refractivity contribution is -0.116. The summed E-state index contributed by atoms with van der Waals surface area (Å²) in [6.45, 7) is 0. The minimum Gasteiger partial charge on any atom is -0.342 e. The number of aromatic nitrogens is 2. The van der Waals surface area contributed by atoms with Gasteiger partial charge >= 0.3 is 0 Å². The lowest BCUT2D eigenvalue weighted by atomic mass is 10.1. The molecular formula is C24H23N3O. The molecule has 4 heteroatoms. The standard InChI is InChI=1S/C24H23N3O/c28-24(16-14-18-7-2-1-3-8-18)25-20-10-6-9-19(17-20)13-15-23-26-21-11-4-5-12-22(21)27-23/h1-12,17H,13-16H2,(H,25,28)(H,26,27). The van der Waals surface area contributed by atoms with E-state index in [1.165, 1.54) is 11.1 Å². The van der Waals surface area contributed by atoms with Gasteiger partial charge in [-0.05, 0) is 48.2 Å². The molecule has 1 amide bonds. The molecule has 2 N–H and O–H groups in total. The van der Waals surface area contributed by atoms with Crippen molar-refractivity contribution in [1.29, 1.82) is 0 Å². The first-order valence-corrected chi connectivity index (χ1v) is 9.62. The average molecular weight is 369 g/mol. The van der Waals surface area contributed by atoms with E-state index < -0.39 is 0 Å². The number of nitrogens with zero attached hydrogens (tertiary/aromatic N) is 1. The molecule has 0 unspecified atom stereocenters. The van der Waals surface area contributed by atoms with E-state index >= 15 is 0 Å². The number of hydrogen-bond acceptors (Lipinski definition) is 2. The fraction of sp³-hybridized carbons (Fsp3) is 0.167. The topological polar surface area (TPSA) is 57.8 Å². The Labute approximate surface area is 164 Å². The summed E-state index contributed by atoms with van der Waals surface area (Å²) < 4.78 is 0. The number of para-hydroxylation sites is 2. The number of aryl methyl sites for hydroxylation is 3. The highest BCUT2D eigenvalue weighted by Gasteiger charge is 2.06. The molecule has 0 fully saturated rings. The summed E-state index contributed by atoms with van der Waals surface area (Å²) in [7, 11) is 0. The second kappa shape index (κ2) is 8.53. The quantitative estimate of drug-likeness (QED) is 0.486. The maximum Gasteiger partial charge on any atom is 0.224 e. The predicted molar refractivity (Wildman–Crippen MR) is 113 cm³/mol. The first-order chi connectivity index (χ1) is 13.8. The number of fused-ring (bicyclic) bond motifs is 1. The van der Waals surface area contributed by atoms with Crippen LogP contribution in [0, 0.1) is 0 Å². The Bertz CT molecular complexity index is 1040. The molecule has 1 aromatic heterocycles. The highest BCUT2D eigenvalue weighted by atomic mass is 16.1. The first kappa shape index (κ1) is 18.0. The van der Waals surface area contributed by atoms with Crippen molar-refractivity contribution in [3.63, 3.8) is 0 Å². The maximum absolute atomic E-state index is 12.2. The van der Waals surface area contributed by atoms with E-state index in [0.29, 0.717) is 6.42 Å². The number of aromatic amines is 1. The highest BCUT2D eigenvalue weighted by Crippen LogP contribution is 2.15. The lowest BCUT2D eigenvalue weighted by Gasteiger charge is -2.07. The predicted octanol–water partition coefficient (Wildman–Crippen LogP) is 4.92. The van der Waals surface area contributed by atoms with Crippen LogP contribution in [-0.4, -0.2) is 15.9 Å². The second-order valence-electron chi connectivity index (χ2n) is 6.93. The van der Waals surface area contributed by atoms with Crippen LogP contribution in [0.25, 0.3) is 11.0 Å². The molecule has 0 bridgehead atoms. The molecule has 4 rings (SSSR count). The fourth-order valence-corrected chi connectivity index (χ4v) is 3.32. The maximum atomic E-state index is 12.2. The van der Waals surface area contributed by atoms with Gasteiger partial charge in [0.15, 0.2) is 0 Å². The van der Waals surface area contributed by atoms with Crippen molar-refractivity contribution in [3.05, 3.63) is 95.8 Å². The number of carbonyl (C=O) groups is 1. The largest absolute Gasteiger partial charge is 0.342 e. The van der Waals surface area contributed by atoms with Gasteiger partial charge in [0.25, 0.3) is 0 Å². The van der Waals surface area contributed by atoms with E-state index in [1.807, 2.05) is 72.8 Å². The molecule has 0 spiro atoms. The van der Waals surface area contributed by atoms with Gasteiger partial charge in [-0.1, -0.05) is 54.6 Å². The lowest BCUT2D eigenvalue weighted by Crippen LogP contribution is -2.12. The molecule has 0 saturated carbocycles. The normalized spacial score (nSPS) is 10.9. The van der Waals surface area contributed by atoms with Gasteiger partial charge in [0.1, 0.15) is 5.82 Å². The van der Waals surface area contributed by atoms with Gasteiger partial charge in [-0.3, -0.25) is 4.79 Å². The number of amides is 1. The fourth-order valence-electron chi connectivity index (χ4n) is 3.32. The molecule has 4 aromatic rings. The van der Waals surface area contributed by atoms with Gasteiger partial charge in [-0.2, -0.15) is 0 Å². The Hall–Kier alpha value is -3.40. The number of imidazole rings is 1. The minimum atomic E-state index is 0.0401. The van der Waals surface area contributed by atoms with Crippen molar-refractivity contribution in [3.8, 4) is 0 Å². The van der Waals surface area contributed by atoms with Gasteiger partial charge in [-0.15, -0.1) is 0 Å². The number of hydrogen-bond donors (Lipinski definition) is 2. The zero-order valence-electron chi connectivity index (χ0n) is 15.7. The minimum absolute atomic E-state index is 0.0401. The zero-order chi connectivity index (χ0) is 19.2. The SMILES string of the molecule is O=C(CCc1ccccc1)Nc1cccc(CCc2nc3ccccc3[nH]2)c1. The molecule has 1 heterocycles. The molecule has 4 nitrogen and oxygen atoms in total. The van der Waals surface area contributed by atoms with Crippen LogP contribution in [0.4, 0.5) is 5.69 Å². The Kier molecular flexibility index (Phi) is 5.48. The Balaban J connectivity index is 1.32. The third-order valence-corrected chi connectivity index (χ3v) is 4.78. The van der Waals surface area contributed by atoms with Crippen molar-refractivity contribution >= 4 is 22.6 Å². The molecule has 0 aliphatic heterocycles. The van der Waals surface area contributed by atoms with Gasteiger partial charge in [-0.25, -0.2) is 4.98 Å². The van der Waals surface area contributed by atoms with Crippen molar-refractivity contribution in [2.45, 2.75) is 25.7 Å². The number of H-pyrrole nitrogens is 1. The molecular weight excluding hydrogens is 346 g/mol. The Morgan fingerprint density at radius 3 is 2.46 bits per heavy atom. The summed E-state index contributed by atoms with van der Waals surface area (Å²) in [4.78, 5) is 20.2. The molecule has 0 radical (unpaired) electrons. The third-order valence-electron chi connectivity index (χ3n) is 4.78. The van der Waals surface area contributed by atoms with Crippen LogP contribution in [0.1, 0.15) is 23.4 Å². The molecule has 3 aromatic carbocycles. The van der Waals surface area contributed by atoms with Crippen LogP contribution in [0.2, 0.25) is 0 Å². The summed E-state index contributed by atoms with van der Waals surface area (Å²) in [5, 5.41) is 3.01. The average Bonchev–Trinajstić information content (AvgIpc) is 3.15. The number of nitrogens with one attached hydrogen (secondary N) is 2. The number of anilines is 1. The zero-order valence-corrected chi connectivity index (χ0v) is 15.7. The van der Waals surface area contributed by atoms with Crippen molar-refractivity contribution in [2.75, 3.05) is 5.32 Å². The second-order valence-corrected chi connectivity index (χ2v) is 6.93. The summed E-state index contributed by atoms with van der Waals surface area (Å²) in [6, 6.07) is 26.2.